The SMILES string of the molecule is CON(CC(C)O)N=O. The van der Waals surface area contributed by atoms with Crippen molar-refractivity contribution in [2.24, 2.45) is 5.29 Å². The number of nitrogens with zero attached hydrogens (tertiary/aromatic N) is 2. The third-order valence-corrected chi connectivity index (χ3v) is 0.722. The number of hydrogen-bond acceptors (Lipinski definition) is 4. The van der Waals surface area contributed by atoms with Crippen LogP contribution in [-0.4, -0.2) is 30.0 Å². The summed E-state index contributed by atoms with van der Waals surface area (Å²) in [4.78, 5) is 14.1. The summed E-state index contributed by atoms with van der Waals surface area (Å²) in [7, 11) is 1.31. The molecular formula is C4H10N2O3. The first-order valence-electron chi connectivity index (χ1n) is 2.53. The molecule has 1 atom stereocenters. The molecule has 0 rings (SSSR count). The zero-order valence-corrected chi connectivity index (χ0v) is 5.44. The van der Waals surface area contributed by atoms with Crippen molar-refractivity contribution in [3.8, 4) is 0 Å². The number of rotatable bonds is 4. The average molecular weight is 134 g/mol. The highest BCUT2D eigenvalue weighted by Crippen LogP contribution is 1.90. The monoisotopic (exact) mass is 134 g/mol. The Morgan fingerprint density at radius 1 is 1.89 bits per heavy atom. The lowest BCUT2D eigenvalue weighted by molar-refractivity contribution is -0.147. The standard InChI is InChI=1S/C4H10N2O3/c1-4(7)3-6(5-8)9-2/h4,7H,3H2,1-2H3. The van der Waals surface area contributed by atoms with E-state index in [1.54, 1.807) is 0 Å². The van der Waals surface area contributed by atoms with Crippen molar-refractivity contribution < 1.29 is 9.94 Å². The van der Waals surface area contributed by atoms with Crippen molar-refractivity contribution in [2.45, 2.75) is 13.0 Å². The van der Waals surface area contributed by atoms with E-state index in [0.29, 0.717) is 0 Å². The van der Waals surface area contributed by atoms with Gasteiger partial charge in [-0.2, -0.15) is 0 Å². The maximum absolute atomic E-state index is 9.71. The van der Waals surface area contributed by atoms with Crippen LogP contribution in [0.3, 0.4) is 0 Å². The van der Waals surface area contributed by atoms with Gasteiger partial charge >= 0.3 is 0 Å². The van der Waals surface area contributed by atoms with Gasteiger partial charge in [-0.25, -0.2) is 0 Å². The molecule has 0 aliphatic rings. The van der Waals surface area contributed by atoms with Crippen LogP contribution in [0.4, 0.5) is 0 Å². The minimum Gasteiger partial charge on any atom is -0.391 e. The molecule has 5 nitrogen and oxygen atoms in total. The van der Waals surface area contributed by atoms with E-state index in [1.807, 2.05) is 0 Å². The fraction of sp³-hybridized carbons (Fsp3) is 1.00. The van der Waals surface area contributed by atoms with Gasteiger partial charge in [0.15, 0.2) is 0 Å². The van der Waals surface area contributed by atoms with Gasteiger partial charge in [0, 0.05) is 0 Å². The van der Waals surface area contributed by atoms with Crippen LogP contribution in [0, 0.1) is 4.91 Å². The molecule has 54 valence electrons. The van der Waals surface area contributed by atoms with E-state index in [4.69, 9.17) is 5.11 Å². The van der Waals surface area contributed by atoms with Crippen molar-refractivity contribution in [3.05, 3.63) is 4.91 Å². The zero-order valence-electron chi connectivity index (χ0n) is 5.44. The first-order chi connectivity index (χ1) is 4.20. The van der Waals surface area contributed by atoms with Gasteiger partial charge in [-0.1, -0.05) is 0 Å². The van der Waals surface area contributed by atoms with Gasteiger partial charge in [0.25, 0.3) is 0 Å². The van der Waals surface area contributed by atoms with Crippen LogP contribution in [0.2, 0.25) is 0 Å². The molecule has 0 saturated heterocycles. The third kappa shape index (κ3) is 3.87. The van der Waals surface area contributed by atoms with Gasteiger partial charge in [-0.3, -0.25) is 4.84 Å². The molecule has 0 radical (unpaired) electrons. The van der Waals surface area contributed by atoms with E-state index in [1.165, 1.54) is 14.0 Å². The second kappa shape index (κ2) is 4.22. The quantitative estimate of drug-likeness (QED) is 0.431. The minimum absolute atomic E-state index is 0.0972. The summed E-state index contributed by atoms with van der Waals surface area (Å²) in [5.74, 6) is 0. The van der Waals surface area contributed by atoms with E-state index in [9.17, 15) is 4.91 Å². The molecule has 0 spiro atoms. The molecule has 9 heavy (non-hydrogen) atoms. The van der Waals surface area contributed by atoms with Crippen molar-refractivity contribution in [1.29, 1.82) is 0 Å². The maximum Gasteiger partial charge on any atom is 0.0938 e. The zero-order chi connectivity index (χ0) is 7.28. The number of hydroxylamine groups is 1. The molecule has 0 saturated carbocycles. The summed E-state index contributed by atoms with van der Waals surface area (Å²) in [6.45, 7) is 1.64. The van der Waals surface area contributed by atoms with Crippen LogP contribution < -0.4 is 0 Å². The summed E-state index contributed by atoms with van der Waals surface area (Å²) >= 11 is 0. The lowest BCUT2D eigenvalue weighted by Crippen LogP contribution is -2.24. The fourth-order valence-electron chi connectivity index (χ4n) is 0.367. The molecule has 0 amide bonds. The first kappa shape index (κ1) is 8.32. The number of aliphatic hydroxyl groups excluding tert-OH is 1. The summed E-state index contributed by atoms with van der Waals surface area (Å²) < 4.78 is 0. The molecule has 1 N–H and O–H groups in total. The van der Waals surface area contributed by atoms with E-state index >= 15 is 0 Å². The predicted molar refractivity (Wildman–Crippen MR) is 31.2 cm³/mol. The van der Waals surface area contributed by atoms with Gasteiger partial charge in [0.2, 0.25) is 0 Å². The van der Waals surface area contributed by atoms with Gasteiger partial charge in [-0.05, 0) is 6.92 Å². The molecule has 0 aromatic heterocycles. The fourth-order valence-corrected chi connectivity index (χ4v) is 0.367. The average Bonchev–Trinajstić information content (AvgIpc) is 1.82. The Kier molecular flexibility index (Phi) is 3.90. The molecule has 0 aromatic rings. The van der Waals surface area contributed by atoms with Gasteiger partial charge in [0.05, 0.1) is 25.0 Å². The number of nitroso groups, excluding NO2 is 1. The van der Waals surface area contributed by atoms with E-state index < -0.39 is 6.10 Å². The Morgan fingerprint density at radius 3 is 2.56 bits per heavy atom. The molecule has 0 aliphatic carbocycles. The molecule has 0 aromatic carbocycles. The Balaban J connectivity index is 3.42. The van der Waals surface area contributed by atoms with Gasteiger partial charge in [-0.15, -0.1) is 10.1 Å². The molecule has 1 unspecified atom stereocenters. The Bertz CT molecular complexity index is 85.9. The van der Waals surface area contributed by atoms with Crippen molar-refractivity contribution >= 4 is 0 Å². The lowest BCUT2D eigenvalue weighted by atomic mass is 10.4. The molecular weight excluding hydrogens is 124 g/mol. The molecule has 0 bridgehead atoms. The van der Waals surface area contributed by atoms with Crippen LogP contribution in [0.15, 0.2) is 5.29 Å². The molecule has 0 fully saturated rings. The van der Waals surface area contributed by atoms with Crippen molar-refractivity contribution in [1.82, 2.24) is 5.17 Å². The first-order valence-corrected chi connectivity index (χ1v) is 2.53. The summed E-state index contributed by atoms with van der Waals surface area (Å²) in [5, 5.41) is 11.9. The Labute approximate surface area is 53.1 Å². The summed E-state index contributed by atoms with van der Waals surface area (Å²) in [6.07, 6.45) is -0.609. The topological polar surface area (TPSA) is 62.1 Å². The normalized spacial score (nSPS) is 12.8. The predicted octanol–water partition coefficient (Wildman–Crippen LogP) is -0.0880. The Hall–Kier alpha value is -0.680. The molecule has 5 heteroatoms. The van der Waals surface area contributed by atoms with Gasteiger partial charge in [0.1, 0.15) is 0 Å². The highest BCUT2D eigenvalue weighted by molar-refractivity contribution is 4.45. The molecule has 0 heterocycles. The van der Waals surface area contributed by atoms with Crippen LogP contribution >= 0.6 is 0 Å². The lowest BCUT2D eigenvalue weighted by Gasteiger charge is -2.12. The minimum atomic E-state index is -0.609. The largest absolute Gasteiger partial charge is 0.391 e. The smallest absolute Gasteiger partial charge is 0.0938 e. The van der Waals surface area contributed by atoms with E-state index in [2.05, 4.69) is 10.1 Å². The van der Waals surface area contributed by atoms with Gasteiger partial charge < -0.3 is 5.11 Å². The highest BCUT2D eigenvalue weighted by Gasteiger charge is 2.03. The van der Waals surface area contributed by atoms with Crippen molar-refractivity contribution in [2.75, 3.05) is 13.7 Å². The van der Waals surface area contributed by atoms with Crippen LogP contribution in [-0.2, 0) is 4.84 Å². The van der Waals surface area contributed by atoms with E-state index in [0.717, 1.165) is 5.17 Å². The van der Waals surface area contributed by atoms with Crippen LogP contribution in [0.25, 0.3) is 0 Å². The third-order valence-electron chi connectivity index (χ3n) is 0.722. The van der Waals surface area contributed by atoms with E-state index in [-0.39, 0.29) is 6.54 Å². The van der Waals surface area contributed by atoms with Crippen LogP contribution in [0.5, 0.6) is 0 Å². The highest BCUT2D eigenvalue weighted by atomic mass is 16.7. The second-order valence-electron chi connectivity index (χ2n) is 1.65. The number of aliphatic hydroxyl groups is 1. The van der Waals surface area contributed by atoms with Crippen molar-refractivity contribution in [3.63, 3.8) is 0 Å². The molecule has 0 aliphatic heterocycles. The maximum atomic E-state index is 9.71. The second-order valence-corrected chi connectivity index (χ2v) is 1.65. The Morgan fingerprint density at radius 2 is 2.44 bits per heavy atom. The van der Waals surface area contributed by atoms with Crippen LogP contribution in [0.1, 0.15) is 6.92 Å². The number of hydrogen-bond donors (Lipinski definition) is 1. The summed E-state index contributed by atoms with van der Waals surface area (Å²) in [5.41, 5.74) is 0. The summed E-state index contributed by atoms with van der Waals surface area (Å²) in [6, 6.07) is 0.